The smallest absolute Gasteiger partial charge is 0.269 e. The van der Waals surface area contributed by atoms with E-state index in [1.807, 2.05) is 25.1 Å². The Morgan fingerprint density at radius 1 is 1.19 bits per heavy atom. The van der Waals surface area contributed by atoms with Gasteiger partial charge in [-0.1, -0.05) is 17.8 Å². The number of nitrogens with one attached hydrogen (secondary N) is 2. The minimum Gasteiger partial charge on any atom is -0.495 e. The summed E-state index contributed by atoms with van der Waals surface area (Å²) in [6.45, 7) is 1.98. The quantitative estimate of drug-likeness (QED) is 0.325. The van der Waals surface area contributed by atoms with Gasteiger partial charge in [0.25, 0.3) is 11.6 Å². The summed E-state index contributed by atoms with van der Waals surface area (Å²) in [5.41, 5.74) is 2.24. The van der Waals surface area contributed by atoms with Crippen molar-refractivity contribution in [3.8, 4) is 17.1 Å². The molecular weight excluding hydrogens is 418 g/mol. The van der Waals surface area contributed by atoms with Crippen molar-refractivity contribution in [2.45, 2.75) is 12.4 Å². The predicted molar refractivity (Wildman–Crippen MR) is 120 cm³/mol. The van der Waals surface area contributed by atoms with Crippen molar-refractivity contribution in [1.82, 2.24) is 5.32 Å². The third kappa shape index (κ3) is 4.56. The molecule has 1 aromatic heterocycles. The number of nitro groups is 1. The third-order valence-electron chi connectivity index (χ3n) is 4.64. The lowest BCUT2D eigenvalue weighted by atomic mass is 10.1. The number of rotatable bonds is 6. The topological polar surface area (TPSA) is 107 Å². The van der Waals surface area contributed by atoms with E-state index in [0.717, 1.165) is 11.3 Å². The molecule has 0 radical (unpaired) electrons. The maximum absolute atomic E-state index is 12.4. The lowest BCUT2D eigenvalue weighted by Gasteiger charge is -2.16. The Morgan fingerprint density at radius 3 is 2.68 bits per heavy atom. The van der Waals surface area contributed by atoms with Gasteiger partial charge in [0, 0.05) is 23.8 Å². The van der Waals surface area contributed by atoms with Gasteiger partial charge in [0.05, 0.1) is 22.6 Å². The van der Waals surface area contributed by atoms with Gasteiger partial charge < -0.3 is 19.8 Å². The Labute approximate surface area is 182 Å². The van der Waals surface area contributed by atoms with Crippen LogP contribution >= 0.6 is 11.8 Å². The maximum Gasteiger partial charge on any atom is 0.269 e. The fourth-order valence-corrected chi connectivity index (χ4v) is 4.06. The van der Waals surface area contributed by atoms with E-state index in [2.05, 4.69) is 10.6 Å². The van der Waals surface area contributed by atoms with Crippen LogP contribution in [0.4, 0.5) is 11.4 Å². The molecule has 31 heavy (non-hydrogen) atoms. The number of nitro benzene ring substituents is 1. The Morgan fingerprint density at radius 2 is 1.97 bits per heavy atom. The van der Waals surface area contributed by atoms with Crippen molar-refractivity contribution in [2.75, 3.05) is 12.4 Å². The molecule has 1 aliphatic rings. The average molecular weight is 437 g/mol. The van der Waals surface area contributed by atoms with E-state index in [-0.39, 0.29) is 17.1 Å². The first kappa shape index (κ1) is 20.5. The van der Waals surface area contributed by atoms with Crippen molar-refractivity contribution >= 4 is 35.1 Å². The van der Waals surface area contributed by atoms with E-state index in [4.69, 9.17) is 9.15 Å². The van der Waals surface area contributed by atoms with Gasteiger partial charge in [-0.15, -0.1) is 0 Å². The van der Waals surface area contributed by atoms with Crippen LogP contribution in [0.15, 0.2) is 63.9 Å². The lowest BCUT2D eigenvalue weighted by molar-refractivity contribution is -0.384. The molecule has 3 aromatic rings. The number of anilines is 1. The van der Waals surface area contributed by atoms with E-state index >= 15 is 0 Å². The molecular formula is C22H19N3O5S. The SMILES string of the molecule is COc1ccc(C)cc1NC1NC(=O)/C(=C/c2ccc(-c3ccc([N+](=O)[O-])cc3)o2)S1. The summed E-state index contributed by atoms with van der Waals surface area (Å²) in [5.74, 6) is 1.56. The molecule has 2 aromatic carbocycles. The van der Waals surface area contributed by atoms with Crippen molar-refractivity contribution in [2.24, 2.45) is 0 Å². The first-order valence-corrected chi connectivity index (χ1v) is 10.3. The molecule has 9 heteroatoms. The molecule has 1 aliphatic heterocycles. The summed E-state index contributed by atoms with van der Waals surface area (Å²) in [6.07, 6.45) is 1.67. The van der Waals surface area contributed by atoms with Crippen molar-refractivity contribution in [3.05, 3.63) is 80.9 Å². The molecule has 8 nitrogen and oxygen atoms in total. The average Bonchev–Trinajstić information content (AvgIpc) is 3.35. The summed E-state index contributed by atoms with van der Waals surface area (Å²) in [7, 11) is 1.60. The molecule has 0 aliphatic carbocycles. The summed E-state index contributed by atoms with van der Waals surface area (Å²) in [4.78, 5) is 23.3. The number of hydrogen-bond acceptors (Lipinski definition) is 7. The fourth-order valence-electron chi connectivity index (χ4n) is 3.10. The van der Waals surface area contributed by atoms with Gasteiger partial charge in [0.15, 0.2) is 5.50 Å². The number of ether oxygens (including phenoxy) is 1. The number of amides is 1. The zero-order chi connectivity index (χ0) is 22.0. The second-order valence-electron chi connectivity index (χ2n) is 6.83. The highest BCUT2D eigenvalue weighted by Gasteiger charge is 2.28. The van der Waals surface area contributed by atoms with E-state index in [9.17, 15) is 14.9 Å². The first-order valence-electron chi connectivity index (χ1n) is 9.38. The Hall–Kier alpha value is -3.72. The zero-order valence-electron chi connectivity index (χ0n) is 16.7. The van der Waals surface area contributed by atoms with Crippen LogP contribution in [0.1, 0.15) is 11.3 Å². The van der Waals surface area contributed by atoms with Crippen LogP contribution < -0.4 is 15.4 Å². The van der Waals surface area contributed by atoms with Crippen LogP contribution in [0, 0.1) is 17.0 Å². The molecule has 0 spiro atoms. The standard InChI is InChI=1S/C22H19N3O5S/c1-13-3-9-19(29-2)17(11-13)23-22-24-21(26)20(31-22)12-16-8-10-18(30-16)14-4-6-15(7-5-14)25(27)28/h3-12,22-23H,1-2H3,(H,24,26)/b20-12-. The number of furan rings is 1. The molecule has 1 unspecified atom stereocenters. The lowest BCUT2D eigenvalue weighted by Crippen LogP contribution is -2.31. The van der Waals surface area contributed by atoms with Gasteiger partial charge in [-0.05, 0) is 48.9 Å². The summed E-state index contributed by atoms with van der Waals surface area (Å²) < 4.78 is 11.2. The Bertz CT molecular complexity index is 1170. The van der Waals surface area contributed by atoms with E-state index < -0.39 is 4.92 Å². The van der Waals surface area contributed by atoms with E-state index in [1.54, 1.807) is 37.5 Å². The monoisotopic (exact) mass is 437 g/mol. The number of hydrogen-bond donors (Lipinski definition) is 2. The van der Waals surface area contributed by atoms with Gasteiger partial charge in [0.1, 0.15) is 17.3 Å². The van der Waals surface area contributed by atoms with Gasteiger partial charge in [-0.2, -0.15) is 0 Å². The molecule has 2 N–H and O–H groups in total. The first-order chi connectivity index (χ1) is 14.9. The van der Waals surface area contributed by atoms with Gasteiger partial charge in [0.2, 0.25) is 0 Å². The van der Waals surface area contributed by atoms with E-state index in [0.29, 0.717) is 27.7 Å². The molecule has 1 saturated heterocycles. The van der Waals surface area contributed by atoms with Crippen LogP contribution in [0.2, 0.25) is 0 Å². The predicted octanol–water partition coefficient (Wildman–Crippen LogP) is 4.77. The Kier molecular flexibility index (Phi) is 5.68. The summed E-state index contributed by atoms with van der Waals surface area (Å²) in [6, 6.07) is 15.4. The number of carbonyl (C=O) groups excluding carboxylic acids is 1. The maximum atomic E-state index is 12.4. The Balaban J connectivity index is 1.48. The second-order valence-corrected chi connectivity index (χ2v) is 7.98. The minimum absolute atomic E-state index is 0.0143. The molecule has 0 bridgehead atoms. The number of benzene rings is 2. The highest BCUT2D eigenvalue weighted by molar-refractivity contribution is 8.05. The molecule has 2 heterocycles. The van der Waals surface area contributed by atoms with Crippen LogP contribution in [0.3, 0.4) is 0 Å². The summed E-state index contributed by atoms with van der Waals surface area (Å²) in [5, 5.41) is 16.9. The highest BCUT2D eigenvalue weighted by atomic mass is 32.2. The largest absolute Gasteiger partial charge is 0.495 e. The van der Waals surface area contributed by atoms with Gasteiger partial charge in [-0.25, -0.2) is 0 Å². The normalized spacial score (nSPS) is 16.9. The molecule has 1 amide bonds. The second kappa shape index (κ2) is 8.57. The molecule has 0 saturated carbocycles. The van der Waals surface area contributed by atoms with Crippen LogP contribution in [-0.4, -0.2) is 23.4 Å². The molecule has 1 fully saturated rings. The number of aryl methyl sites for hydroxylation is 1. The number of carbonyl (C=O) groups is 1. The van der Waals surface area contributed by atoms with Crippen LogP contribution in [0.25, 0.3) is 17.4 Å². The van der Waals surface area contributed by atoms with Crippen LogP contribution in [0.5, 0.6) is 5.75 Å². The molecule has 4 rings (SSSR count). The molecule has 158 valence electrons. The van der Waals surface area contributed by atoms with Gasteiger partial charge in [-0.3, -0.25) is 14.9 Å². The number of nitrogens with zero attached hydrogens (tertiary/aromatic N) is 1. The van der Waals surface area contributed by atoms with Crippen molar-refractivity contribution in [1.29, 1.82) is 0 Å². The zero-order valence-corrected chi connectivity index (χ0v) is 17.6. The number of non-ortho nitro benzene ring substituents is 1. The molecule has 1 atom stereocenters. The fraction of sp³-hybridized carbons (Fsp3) is 0.136. The third-order valence-corrected chi connectivity index (χ3v) is 5.66. The van der Waals surface area contributed by atoms with Gasteiger partial charge >= 0.3 is 0 Å². The number of methoxy groups -OCH3 is 1. The summed E-state index contributed by atoms with van der Waals surface area (Å²) >= 11 is 1.34. The van der Waals surface area contributed by atoms with Crippen molar-refractivity contribution in [3.63, 3.8) is 0 Å². The minimum atomic E-state index is -0.450. The highest BCUT2D eigenvalue weighted by Crippen LogP contribution is 2.34. The number of thioether (sulfide) groups is 1. The van der Waals surface area contributed by atoms with E-state index in [1.165, 1.54) is 23.9 Å². The van der Waals surface area contributed by atoms with Crippen molar-refractivity contribution < 1.29 is 18.9 Å². The van der Waals surface area contributed by atoms with Crippen LogP contribution in [-0.2, 0) is 4.79 Å².